The molecule has 0 bridgehead atoms. The SMILES string of the molecule is CC1CCCCN1C(=O)C(=O)Nc1ccc(N2CCCCC2)cc1. The summed E-state index contributed by atoms with van der Waals surface area (Å²) in [6.07, 6.45) is 6.87. The van der Waals surface area contributed by atoms with Gasteiger partial charge in [-0.05, 0) is 69.7 Å². The van der Waals surface area contributed by atoms with E-state index in [4.69, 9.17) is 0 Å². The Labute approximate surface area is 144 Å². The third-order valence-corrected chi connectivity index (χ3v) is 5.10. The maximum Gasteiger partial charge on any atom is 0.313 e. The molecule has 1 aromatic rings. The number of carbonyl (C=O) groups excluding carboxylic acids is 2. The van der Waals surface area contributed by atoms with Crippen molar-refractivity contribution in [3.63, 3.8) is 0 Å². The predicted molar refractivity (Wildman–Crippen MR) is 96.2 cm³/mol. The molecule has 0 radical (unpaired) electrons. The zero-order chi connectivity index (χ0) is 16.9. The van der Waals surface area contributed by atoms with Crippen molar-refractivity contribution >= 4 is 23.2 Å². The molecule has 0 spiro atoms. The molecule has 1 N–H and O–H groups in total. The first-order chi connectivity index (χ1) is 11.6. The highest BCUT2D eigenvalue weighted by atomic mass is 16.2. The molecule has 130 valence electrons. The molecular weight excluding hydrogens is 302 g/mol. The van der Waals surface area contributed by atoms with Crippen molar-refractivity contribution in [1.29, 1.82) is 0 Å². The summed E-state index contributed by atoms with van der Waals surface area (Å²) in [5, 5.41) is 2.74. The van der Waals surface area contributed by atoms with Crippen molar-refractivity contribution in [3.05, 3.63) is 24.3 Å². The number of hydrogen-bond donors (Lipinski definition) is 1. The van der Waals surface area contributed by atoms with E-state index >= 15 is 0 Å². The molecule has 2 aliphatic heterocycles. The van der Waals surface area contributed by atoms with Gasteiger partial charge in [-0.25, -0.2) is 0 Å². The lowest BCUT2D eigenvalue weighted by Gasteiger charge is -2.32. The average Bonchev–Trinajstić information content (AvgIpc) is 2.63. The first-order valence-corrected chi connectivity index (χ1v) is 9.12. The van der Waals surface area contributed by atoms with Crippen molar-refractivity contribution < 1.29 is 9.59 Å². The maximum absolute atomic E-state index is 12.3. The predicted octanol–water partition coefficient (Wildman–Crippen LogP) is 3.02. The molecule has 1 atom stereocenters. The van der Waals surface area contributed by atoms with Gasteiger partial charge in [0.05, 0.1) is 0 Å². The third kappa shape index (κ3) is 3.89. The number of hydrogen-bond acceptors (Lipinski definition) is 3. The van der Waals surface area contributed by atoms with Crippen LogP contribution in [-0.4, -0.2) is 42.4 Å². The number of nitrogens with one attached hydrogen (secondary N) is 1. The second-order valence-corrected chi connectivity index (χ2v) is 6.89. The molecule has 1 aromatic carbocycles. The van der Waals surface area contributed by atoms with Gasteiger partial charge in [-0.2, -0.15) is 0 Å². The summed E-state index contributed by atoms with van der Waals surface area (Å²) in [5.74, 6) is -0.947. The van der Waals surface area contributed by atoms with Crippen molar-refractivity contribution in [2.24, 2.45) is 0 Å². The summed E-state index contributed by atoms with van der Waals surface area (Å²) in [4.78, 5) is 28.6. The minimum Gasteiger partial charge on any atom is -0.372 e. The number of piperidine rings is 2. The number of benzene rings is 1. The molecule has 2 aliphatic rings. The molecule has 0 saturated carbocycles. The minimum absolute atomic E-state index is 0.151. The lowest BCUT2D eigenvalue weighted by atomic mass is 10.0. The lowest BCUT2D eigenvalue weighted by molar-refractivity contribution is -0.145. The summed E-state index contributed by atoms with van der Waals surface area (Å²) in [6.45, 7) is 4.88. The summed E-state index contributed by atoms with van der Waals surface area (Å²) in [6, 6.07) is 7.96. The topological polar surface area (TPSA) is 52.7 Å². The Hall–Kier alpha value is -2.04. The molecule has 5 heteroatoms. The Morgan fingerprint density at radius 1 is 0.958 bits per heavy atom. The number of amides is 2. The van der Waals surface area contributed by atoms with E-state index < -0.39 is 11.8 Å². The normalized spacial score (nSPS) is 21.5. The molecule has 0 aliphatic carbocycles. The number of rotatable bonds is 2. The number of carbonyl (C=O) groups is 2. The monoisotopic (exact) mass is 329 g/mol. The molecule has 2 amide bonds. The van der Waals surface area contributed by atoms with Crippen LogP contribution < -0.4 is 10.2 Å². The molecule has 2 fully saturated rings. The first-order valence-electron chi connectivity index (χ1n) is 9.12. The van der Waals surface area contributed by atoms with Crippen molar-refractivity contribution in [1.82, 2.24) is 4.90 Å². The Morgan fingerprint density at radius 2 is 1.62 bits per heavy atom. The van der Waals surface area contributed by atoms with E-state index in [9.17, 15) is 9.59 Å². The van der Waals surface area contributed by atoms with Crippen LogP contribution in [0.4, 0.5) is 11.4 Å². The highest BCUT2D eigenvalue weighted by Crippen LogP contribution is 2.22. The second kappa shape index (κ2) is 7.69. The van der Waals surface area contributed by atoms with Crippen LogP contribution in [-0.2, 0) is 9.59 Å². The van der Waals surface area contributed by atoms with E-state index in [0.717, 1.165) is 32.4 Å². The lowest BCUT2D eigenvalue weighted by Crippen LogP contribution is -2.47. The van der Waals surface area contributed by atoms with Crippen LogP contribution >= 0.6 is 0 Å². The van der Waals surface area contributed by atoms with Crippen LogP contribution in [0.1, 0.15) is 45.4 Å². The van der Waals surface area contributed by atoms with Crippen LogP contribution in [0, 0.1) is 0 Å². The average molecular weight is 329 g/mol. The molecule has 2 saturated heterocycles. The molecule has 0 aromatic heterocycles. The van der Waals surface area contributed by atoms with Gasteiger partial charge in [0.15, 0.2) is 0 Å². The van der Waals surface area contributed by atoms with E-state index in [-0.39, 0.29) is 6.04 Å². The van der Waals surface area contributed by atoms with E-state index in [2.05, 4.69) is 10.2 Å². The fourth-order valence-electron chi connectivity index (χ4n) is 3.62. The van der Waals surface area contributed by atoms with E-state index in [1.54, 1.807) is 4.90 Å². The molecule has 5 nitrogen and oxygen atoms in total. The number of nitrogens with zero attached hydrogens (tertiary/aromatic N) is 2. The Kier molecular flexibility index (Phi) is 5.38. The van der Waals surface area contributed by atoms with Crippen molar-refractivity contribution in [3.8, 4) is 0 Å². The van der Waals surface area contributed by atoms with Crippen molar-refractivity contribution in [2.45, 2.75) is 51.5 Å². The second-order valence-electron chi connectivity index (χ2n) is 6.89. The van der Waals surface area contributed by atoms with Gasteiger partial charge in [0.2, 0.25) is 0 Å². The summed E-state index contributed by atoms with van der Waals surface area (Å²) in [7, 11) is 0. The molecular formula is C19H27N3O2. The fourth-order valence-corrected chi connectivity index (χ4v) is 3.62. The maximum atomic E-state index is 12.3. The van der Waals surface area contributed by atoms with E-state index in [1.807, 2.05) is 31.2 Å². The van der Waals surface area contributed by atoms with Gasteiger partial charge in [0.25, 0.3) is 0 Å². The highest BCUT2D eigenvalue weighted by molar-refractivity contribution is 6.39. The third-order valence-electron chi connectivity index (χ3n) is 5.10. The van der Waals surface area contributed by atoms with E-state index in [1.165, 1.54) is 24.9 Å². The Balaban J connectivity index is 1.58. The number of anilines is 2. The molecule has 1 unspecified atom stereocenters. The van der Waals surface area contributed by atoms with Crippen LogP contribution in [0.15, 0.2) is 24.3 Å². The highest BCUT2D eigenvalue weighted by Gasteiger charge is 2.28. The summed E-state index contributed by atoms with van der Waals surface area (Å²) in [5.41, 5.74) is 1.86. The largest absolute Gasteiger partial charge is 0.372 e. The zero-order valence-electron chi connectivity index (χ0n) is 14.5. The smallest absolute Gasteiger partial charge is 0.313 e. The van der Waals surface area contributed by atoms with Crippen LogP contribution in [0.25, 0.3) is 0 Å². The zero-order valence-corrected chi connectivity index (χ0v) is 14.5. The van der Waals surface area contributed by atoms with Gasteiger partial charge in [-0.15, -0.1) is 0 Å². The molecule has 2 heterocycles. The van der Waals surface area contributed by atoms with Gasteiger partial charge >= 0.3 is 11.8 Å². The number of likely N-dealkylation sites (tertiary alicyclic amines) is 1. The quantitative estimate of drug-likeness (QED) is 0.849. The summed E-state index contributed by atoms with van der Waals surface area (Å²) < 4.78 is 0. The summed E-state index contributed by atoms with van der Waals surface area (Å²) >= 11 is 0. The molecule has 24 heavy (non-hydrogen) atoms. The van der Waals surface area contributed by atoms with Crippen LogP contribution in [0.2, 0.25) is 0 Å². The van der Waals surface area contributed by atoms with Gasteiger partial charge < -0.3 is 15.1 Å². The van der Waals surface area contributed by atoms with E-state index in [0.29, 0.717) is 12.2 Å². The first kappa shape index (κ1) is 16.8. The minimum atomic E-state index is -0.533. The fraction of sp³-hybridized carbons (Fsp3) is 0.579. The van der Waals surface area contributed by atoms with Gasteiger partial charge in [-0.1, -0.05) is 0 Å². The van der Waals surface area contributed by atoms with Crippen molar-refractivity contribution in [2.75, 3.05) is 29.9 Å². The molecule has 3 rings (SSSR count). The van der Waals surface area contributed by atoms with Crippen LogP contribution in [0.3, 0.4) is 0 Å². The van der Waals surface area contributed by atoms with Gasteiger partial charge in [0.1, 0.15) is 0 Å². The Morgan fingerprint density at radius 3 is 2.29 bits per heavy atom. The van der Waals surface area contributed by atoms with Gasteiger partial charge in [-0.3, -0.25) is 9.59 Å². The van der Waals surface area contributed by atoms with Crippen LogP contribution in [0.5, 0.6) is 0 Å². The van der Waals surface area contributed by atoms with Gasteiger partial charge in [0, 0.05) is 37.1 Å². The standard InChI is InChI=1S/C19H27N3O2/c1-15-7-3-6-14-22(15)19(24)18(23)20-16-8-10-17(11-9-16)21-12-4-2-5-13-21/h8-11,15H,2-7,12-14H2,1H3,(H,20,23). The Bertz CT molecular complexity index is 579.